The molecule has 2 amide bonds. The number of carbonyl (C=O) groups is 4. The van der Waals surface area contributed by atoms with Crippen LogP contribution in [-0.2, 0) is 38.6 Å². The molecule has 2 unspecified atom stereocenters. The number of nitrogens with one attached hydrogen (secondary N) is 2. The lowest BCUT2D eigenvalue weighted by Crippen LogP contribution is -2.44. The molecule has 0 aliphatic carbocycles. The number of thiazole rings is 1. The minimum Gasteiger partial charge on any atom is -0.445 e. The van der Waals surface area contributed by atoms with Gasteiger partial charge in [-0.2, -0.15) is 0 Å². The van der Waals surface area contributed by atoms with Gasteiger partial charge < -0.3 is 15.4 Å². The van der Waals surface area contributed by atoms with E-state index in [0.717, 1.165) is 35.5 Å². The van der Waals surface area contributed by atoms with E-state index in [0.29, 0.717) is 13.0 Å². The quantitative estimate of drug-likeness (QED) is 0.536. The fourth-order valence-electron chi connectivity index (χ4n) is 3.97. The Morgan fingerprint density at radius 3 is 2.71 bits per heavy atom. The van der Waals surface area contributed by atoms with Gasteiger partial charge in [-0.25, -0.2) is 9.78 Å². The van der Waals surface area contributed by atoms with Gasteiger partial charge in [-0.15, -0.1) is 11.3 Å². The largest absolute Gasteiger partial charge is 0.445 e. The van der Waals surface area contributed by atoms with Gasteiger partial charge in [0.15, 0.2) is 5.78 Å². The fraction of sp³-hybridized carbons (Fsp3) is 0.500. The van der Waals surface area contributed by atoms with Crippen LogP contribution in [-0.4, -0.2) is 41.1 Å². The molecule has 8 nitrogen and oxygen atoms in total. The number of aryl methyl sites for hydroxylation is 1. The van der Waals surface area contributed by atoms with Gasteiger partial charge >= 0.3 is 6.09 Å². The van der Waals surface area contributed by atoms with Crippen LogP contribution in [0.2, 0.25) is 0 Å². The van der Waals surface area contributed by atoms with E-state index in [-0.39, 0.29) is 31.1 Å². The number of ketones is 2. The Bertz CT molecular complexity index is 1020. The number of hydrogen-bond donors (Lipinski definition) is 2. The normalized spacial score (nSPS) is 17.6. The molecule has 2 aromatic rings. The van der Waals surface area contributed by atoms with E-state index in [9.17, 15) is 19.2 Å². The lowest BCUT2D eigenvalue weighted by molar-refractivity contribution is -0.141. The maximum atomic E-state index is 13.3. The zero-order chi connectivity index (χ0) is 25.2. The highest BCUT2D eigenvalue weighted by atomic mass is 32.1. The number of nitrogens with zero attached hydrogens (tertiary/aromatic N) is 1. The highest BCUT2D eigenvalue weighted by Gasteiger charge is 2.32. The third-order valence-corrected chi connectivity index (χ3v) is 6.73. The molecule has 0 fully saturated rings. The lowest BCUT2D eigenvalue weighted by atomic mass is 9.89. The number of aromatic nitrogens is 1. The summed E-state index contributed by atoms with van der Waals surface area (Å²) in [6.07, 6.45) is 2.21. The molecular weight excluding hydrogens is 466 g/mol. The van der Waals surface area contributed by atoms with Crippen molar-refractivity contribution in [3.8, 4) is 0 Å². The van der Waals surface area contributed by atoms with Crippen LogP contribution in [0.25, 0.3) is 0 Å². The van der Waals surface area contributed by atoms with Crippen molar-refractivity contribution in [2.75, 3.05) is 6.54 Å². The molecule has 2 bridgehead atoms. The van der Waals surface area contributed by atoms with Crippen molar-refractivity contribution in [3.05, 3.63) is 52.0 Å². The van der Waals surface area contributed by atoms with Gasteiger partial charge in [-0.05, 0) is 37.2 Å². The number of carbonyl (C=O) groups excluding carboxylic acids is 4. The number of alkyl carbamates (subject to hydrolysis) is 1. The number of fused-ring (bicyclic) bond motifs is 2. The summed E-state index contributed by atoms with van der Waals surface area (Å²) in [5.41, 5.74) is 1.80. The molecule has 35 heavy (non-hydrogen) atoms. The molecule has 0 saturated carbocycles. The van der Waals surface area contributed by atoms with Crippen LogP contribution in [0.1, 0.15) is 55.8 Å². The molecule has 1 aromatic carbocycles. The molecule has 3 rings (SSSR count). The lowest BCUT2D eigenvalue weighted by Gasteiger charge is -2.22. The van der Waals surface area contributed by atoms with Crippen molar-refractivity contribution < 1.29 is 23.9 Å². The van der Waals surface area contributed by atoms with Crippen molar-refractivity contribution >= 4 is 34.9 Å². The topological polar surface area (TPSA) is 114 Å². The second-order valence-corrected chi connectivity index (χ2v) is 10.2. The Labute approximate surface area is 209 Å². The third-order valence-electron chi connectivity index (χ3n) is 5.81. The standard InChI is InChI=1S/C26H33N3O5S/c1-17(2)12-21(29-26(33)34-15-18-8-4-3-5-9-18)22(30)13-19-14-23-28-20(16-35-23)10-6-7-11-27-25(32)24(19)31/h3-5,8-9,16-17,19,21H,6-7,10-15H2,1-2H3,(H,27,32)(H,29,33). The average molecular weight is 500 g/mol. The molecule has 2 N–H and O–H groups in total. The van der Waals surface area contributed by atoms with Gasteiger partial charge in [0, 0.05) is 30.7 Å². The van der Waals surface area contributed by atoms with Gasteiger partial charge in [0.2, 0.25) is 5.78 Å². The van der Waals surface area contributed by atoms with E-state index in [1.54, 1.807) is 0 Å². The Morgan fingerprint density at radius 1 is 1.20 bits per heavy atom. The Hall–Kier alpha value is -3.07. The number of hydrogen-bond acceptors (Lipinski definition) is 7. The fourth-order valence-corrected chi connectivity index (χ4v) is 4.88. The Balaban J connectivity index is 1.69. The Morgan fingerprint density at radius 2 is 1.97 bits per heavy atom. The Kier molecular flexibility index (Phi) is 9.96. The predicted octanol–water partition coefficient (Wildman–Crippen LogP) is 3.62. The molecule has 1 aromatic heterocycles. The van der Waals surface area contributed by atoms with Crippen LogP contribution in [0, 0.1) is 11.8 Å². The van der Waals surface area contributed by atoms with E-state index in [1.165, 1.54) is 11.3 Å². The van der Waals surface area contributed by atoms with E-state index < -0.39 is 29.7 Å². The van der Waals surface area contributed by atoms with Crippen LogP contribution in [0.4, 0.5) is 4.79 Å². The van der Waals surface area contributed by atoms with Gasteiger partial charge in [-0.3, -0.25) is 14.4 Å². The summed E-state index contributed by atoms with van der Waals surface area (Å²) in [7, 11) is 0. The molecular formula is C26H33N3O5S. The van der Waals surface area contributed by atoms with Crippen LogP contribution < -0.4 is 10.6 Å². The van der Waals surface area contributed by atoms with Gasteiger partial charge in [0.1, 0.15) is 6.61 Å². The highest BCUT2D eigenvalue weighted by Crippen LogP contribution is 2.21. The van der Waals surface area contributed by atoms with Crippen molar-refractivity contribution in [1.82, 2.24) is 15.6 Å². The predicted molar refractivity (Wildman–Crippen MR) is 133 cm³/mol. The first kappa shape index (κ1) is 26.5. The zero-order valence-electron chi connectivity index (χ0n) is 20.2. The summed E-state index contributed by atoms with van der Waals surface area (Å²) < 4.78 is 5.29. The third kappa shape index (κ3) is 8.58. The zero-order valence-corrected chi connectivity index (χ0v) is 21.1. The number of amides is 2. The second-order valence-electron chi connectivity index (χ2n) is 9.27. The number of Topliss-reactive ketones (excluding diaryl/α,β-unsaturated/α-hetero) is 2. The summed E-state index contributed by atoms with van der Waals surface area (Å²) in [6.45, 7) is 4.39. The summed E-state index contributed by atoms with van der Waals surface area (Å²) in [4.78, 5) is 55.7. The number of benzene rings is 1. The average Bonchev–Trinajstić information content (AvgIpc) is 3.28. The maximum absolute atomic E-state index is 13.3. The van der Waals surface area contributed by atoms with Crippen LogP contribution in [0.3, 0.4) is 0 Å². The maximum Gasteiger partial charge on any atom is 0.408 e. The van der Waals surface area contributed by atoms with Crippen molar-refractivity contribution in [2.45, 2.75) is 65.0 Å². The van der Waals surface area contributed by atoms with Gasteiger partial charge in [0.25, 0.3) is 5.91 Å². The number of ether oxygens (including phenoxy) is 1. The van der Waals surface area contributed by atoms with Crippen LogP contribution in [0.15, 0.2) is 35.7 Å². The first-order valence-electron chi connectivity index (χ1n) is 12.1. The van der Waals surface area contributed by atoms with E-state index in [1.807, 2.05) is 49.6 Å². The van der Waals surface area contributed by atoms with E-state index >= 15 is 0 Å². The minimum atomic E-state index is -0.835. The van der Waals surface area contributed by atoms with Crippen LogP contribution in [0.5, 0.6) is 0 Å². The SMILES string of the molecule is CC(C)CC(NC(=O)OCc1ccccc1)C(=O)CC1Cc2nc(cs2)CCCCNC(=O)C1=O. The molecule has 0 spiro atoms. The summed E-state index contributed by atoms with van der Waals surface area (Å²) in [6, 6.07) is 8.44. The molecule has 9 heteroatoms. The van der Waals surface area contributed by atoms with Crippen molar-refractivity contribution in [1.29, 1.82) is 0 Å². The molecule has 2 heterocycles. The molecule has 1 aliphatic rings. The summed E-state index contributed by atoms with van der Waals surface area (Å²) >= 11 is 1.44. The van der Waals surface area contributed by atoms with Crippen LogP contribution >= 0.6 is 11.3 Å². The molecule has 188 valence electrons. The van der Waals surface area contributed by atoms with Gasteiger partial charge in [-0.1, -0.05) is 44.2 Å². The smallest absolute Gasteiger partial charge is 0.408 e. The van der Waals surface area contributed by atoms with Gasteiger partial charge in [0.05, 0.1) is 16.7 Å². The first-order chi connectivity index (χ1) is 16.8. The van der Waals surface area contributed by atoms with Crippen molar-refractivity contribution in [3.63, 3.8) is 0 Å². The van der Waals surface area contributed by atoms with E-state index in [4.69, 9.17) is 4.74 Å². The summed E-state index contributed by atoms with van der Waals surface area (Å²) in [5, 5.41) is 8.04. The first-order valence-corrected chi connectivity index (χ1v) is 12.9. The van der Waals surface area contributed by atoms with Crippen molar-refractivity contribution in [2.24, 2.45) is 11.8 Å². The number of rotatable bonds is 8. The second kappa shape index (κ2) is 13.1. The molecule has 1 aliphatic heterocycles. The molecule has 0 saturated heterocycles. The summed E-state index contributed by atoms with van der Waals surface area (Å²) in [5.74, 6) is -2.31. The highest BCUT2D eigenvalue weighted by molar-refractivity contribution is 7.09. The van der Waals surface area contributed by atoms with E-state index in [2.05, 4.69) is 15.6 Å². The molecule has 2 atom stereocenters. The molecule has 0 radical (unpaired) electrons. The minimum absolute atomic E-state index is 0.0862. The monoisotopic (exact) mass is 499 g/mol.